The van der Waals surface area contributed by atoms with Crippen LogP contribution >= 0.6 is 0 Å². The van der Waals surface area contributed by atoms with Crippen LogP contribution in [0.3, 0.4) is 0 Å². The monoisotopic (exact) mass is 140 g/mol. The molecule has 0 N–H and O–H groups in total. The molecule has 0 bridgehead atoms. The second-order valence-corrected chi connectivity index (χ2v) is 2.75. The number of hydrogen-bond donors (Lipinski definition) is 0. The van der Waals surface area contributed by atoms with Crippen molar-refractivity contribution in [2.24, 2.45) is 5.92 Å². The van der Waals surface area contributed by atoms with Crippen LogP contribution in [0.1, 0.15) is 20.3 Å². The number of carbonyl (C=O) groups is 1. The molecule has 0 fully saturated rings. The number of rotatable bonds is 1. The van der Waals surface area contributed by atoms with Gasteiger partial charge in [-0.2, -0.15) is 0 Å². The predicted octanol–water partition coefficient (Wildman–Crippen LogP) is 1.51. The summed E-state index contributed by atoms with van der Waals surface area (Å²) < 4.78 is 4.96. The number of hydrogen-bond acceptors (Lipinski definition) is 2. The molecule has 2 heteroatoms. The fourth-order valence-electron chi connectivity index (χ4n) is 1.14. The van der Waals surface area contributed by atoms with Crippen molar-refractivity contribution in [2.75, 3.05) is 0 Å². The number of allylic oxidation sites excluding steroid dienone is 1. The van der Waals surface area contributed by atoms with E-state index in [1.54, 1.807) is 0 Å². The first kappa shape index (κ1) is 7.32. The van der Waals surface area contributed by atoms with Gasteiger partial charge in [-0.05, 0) is 18.4 Å². The lowest BCUT2D eigenvalue weighted by atomic mass is 10.1. The fourth-order valence-corrected chi connectivity index (χ4v) is 1.14. The molecule has 0 saturated heterocycles. The Labute approximate surface area is 60.9 Å². The highest BCUT2D eigenvalue weighted by molar-refractivity contribution is 5.66. The maximum absolute atomic E-state index is 10.5. The van der Waals surface area contributed by atoms with Gasteiger partial charge in [-0.3, -0.25) is 4.79 Å². The van der Waals surface area contributed by atoms with Crippen LogP contribution in [-0.2, 0) is 9.53 Å². The third-order valence-electron chi connectivity index (χ3n) is 1.58. The standard InChI is InChI=1S/C8H12O2/c1-6-3-4-8(5-6)10-7(2)9/h3-4,6,8H,5H2,1-2H3/t6-,8+/m1/s1. The van der Waals surface area contributed by atoms with Crippen molar-refractivity contribution in [1.82, 2.24) is 0 Å². The molecule has 1 aliphatic carbocycles. The Kier molecular flexibility index (Phi) is 2.10. The molecular weight excluding hydrogens is 128 g/mol. The molecule has 0 unspecified atom stereocenters. The molecule has 2 nitrogen and oxygen atoms in total. The van der Waals surface area contributed by atoms with Crippen molar-refractivity contribution in [3.05, 3.63) is 12.2 Å². The number of esters is 1. The lowest BCUT2D eigenvalue weighted by Gasteiger charge is -2.08. The van der Waals surface area contributed by atoms with Gasteiger partial charge in [0, 0.05) is 6.92 Å². The molecule has 10 heavy (non-hydrogen) atoms. The quantitative estimate of drug-likeness (QED) is 0.407. The zero-order chi connectivity index (χ0) is 7.56. The van der Waals surface area contributed by atoms with Gasteiger partial charge in [0.05, 0.1) is 0 Å². The zero-order valence-electron chi connectivity index (χ0n) is 6.33. The average Bonchev–Trinajstić information content (AvgIpc) is 2.13. The molecule has 0 aliphatic heterocycles. The Morgan fingerprint density at radius 3 is 2.70 bits per heavy atom. The SMILES string of the molecule is CC(=O)O[C@H]1C=C[C@@H](C)C1. The van der Waals surface area contributed by atoms with E-state index in [2.05, 4.69) is 13.0 Å². The van der Waals surface area contributed by atoms with Crippen LogP contribution in [0, 0.1) is 5.92 Å². The van der Waals surface area contributed by atoms with Gasteiger partial charge in [-0.1, -0.05) is 13.0 Å². The van der Waals surface area contributed by atoms with Crippen LogP contribution in [0.25, 0.3) is 0 Å². The minimum atomic E-state index is -0.191. The second-order valence-electron chi connectivity index (χ2n) is 2.75. The van der Waals surface area contributed by atoms with Gasteiger partial charge in [-0.25, -0.2) is 0 Å². The van der Waals surface area contributed by atoms with E-state index in [0.29, 0.717) is 5.92 Å². The highest BCUT2D eigenvalue weighted by atomic mass is 16.5. The summed E-state index contributed by atoms with van der Waals surface area (Å²) >= 11 is 0. The topological polar surface area (TPSA) is 26.3 Å². The van der Waals surface area contributed by atoms with E-state index in [0.717, 1.165) is 6.42 Å². The van der Waals surface area contributed by atoms with Gasteiger partial charge in [0.15, 0.2) is 0 Å². The van der Waals surface area contributed by atoms with Crippen LogP contribution in [0.5, 0.6) is 0 Å². The molecular formula is C8H12O2. The maximum Gasteiger partial charge on any atom is 0.303 e. The van der Waals surface area contributed by atoms with Crippen molar-refractivity contribution >= 4 is 5.97 Å². The van der Waals surface area contributed by atoms with Crippen LogP contribution in [0.2, 0.25) is 0 Å². The normalized spacial score (nSPS) is 30.6. The molecule has 56 valence electrons. The van der Waals surface area contributed by atoms with Gasteiger partial charge >= 0.3 is 5.97 Å². The summed E-state index contributed by atoms with van der Waals surface area (Å²) in [6.07, 6.45) is 5.01. The van der Waals surface area contributed by atoms with Gasteiger partial charge in [0.2, 0.25) is 0 Å². The summed E-state index contributed by atoms with van der Waals surface area (Å²) in [7, 11) is 0. The highest BCUT2D eigenvalue weighted by Gasteiger charge is 2.16. The number of carbonyl (C=O) groups excluding carboxylic acids is 1. The summed E-state index contributed by atoms with van der Waals surface area (Å²) in [5.41, 5.74) is 0. The molecule has 2 atom stereocenters. The van der Waals surface area contributed by atoms with Crippen LogP contribution < -0.4 is 0 Å². The smallest absolute Gasteiger partial charge is 0.303 e. The maximum atomic E-state index is 10.5. The Bertz CT molecular complexity index is 161. The Morgan fingerprint density at radius 1 is 1.60 bits per heavy atom. The first-order valence-electron chi connectivity index (χ1n) is 3.54. The van der Waals surface area contributed by atoms with E-state index in [9.17, 15) is 4.79 Å². The van der Waals surface area contributed by atoms with E-state index in [1.165, 1.54) is 6.92 Å². The summed E-state index contributed by atoms with van der Waals surface area (Å²) in [5, 5.41) is 0. The van der Waals surface area contributed by atoms with Crippen LogP contribution in [0.4, 0.5) is 0 Å². The van der Waals surface area contributed by atoms with E-state index in [4.69, 9.17) is 4.74 Å². The molecule has 0 aromatic rings. The van der Waals surface area contributed by atoms with Crippen LogP contribution in [-0.4, -0.2) is 12.1 Å². The van der Waals surface area contributed by atoms with Gasteiger partial charge < -0.3 is 4.74 Å². The molecule has 0 aromatic heterocycles. The van der Waals surface area contributed by atoms with E-state index in [-0.39, 0.29) is 12.1 Å². The molecule has 0 radical (unpaired) electrons. The Morgan fingerprint density at radius 2 is 2.30 bits per heavy atom. The first-order chi connectivity index (χ1) is 4.68. The summed E-state index contributed by atoms with van der Waals surface area (Å²) in [4.78, 5) is 10.5. The van der Waals surface area contributed by atoms with E-state index >= 15 is 0 Å². The Hall–Kier alpha value is -0.790. The molecule has 1 aliphatic rings. The molecule has 0 aromatic carbocycles. The summed E-state index contributed by atoms with van der Waals surface area (Å²) in [5.74, 6) is 0.369. The largest absolute Gasteiger partial charge is 0.458 e. The molecule has 0 amide bonds. The van der Waals surface area contributed by atoms with E-state index < -0.39 is 0 Å². The second kappa shape index (κ2) is 2.86. The average molecular weight is 140 g/mol. The summed E-state index contributed by atoms with van der Waals surface area (Å²) in [6, 6.07) is 0. The van der Waals surface area contributed by atoms with Crippen LogP contribution in [0.15, 0.2) is 12.2 Å². The lowest BCUT2D eigenvalue weighted by molar-refractivity contribution is -0.144. The van der Waals surface area contributed by atoms with Crippen molar-refractivity contribution < 1.29 is 9.53 Å². The first-order valence-corrected chi connectivity index (χ1v) is 3.54. The third-order valence-corrected chi connectivity index (χ3v) is 1.58. The molecule has 0 heterocycles. The number of ether oxygens (including phenoxy) is 1. The molecule has 1 rings (SSSR count). The minimum absolute atomic E-state index is 0.0347. The molecule has 0 spiro atoms. The van der Waals surface area contributed by atoms with Crippen molar-refractivity contribution in [1.29, 1.82) is 0 Å². The fraction of sp³-hybridized carbons (Fsp3) is 0.625. The minimum Gasteiger partial charge on any atom is -0.458 e. The zero-order valence-corrected chi connectivity index (χ0v) is 6.33. The molecule has 0 saturated carbocycles. The van der Waals surface area contributed by atoms with Crippen molar-refractivity contribution in [2.45, 2.75) is 26.4 Å². The van der Waals surface area contributed by atoms with E-state index in [1.807, 2.05) is 6.08 Å². The van der Waals surface area contributed by atoms with Gasteiger partial charge in [0.1, 0.15) is 6.10 Å². The third kappa shape index (κ3) is 1.87. The highest BCUT2D eigenvalue weighted by Crippen LogP contribution is 2.19. The lowest BCUT2D eigenvalue weighted by Crippen LogP contribution is -2.11. The predicted molar refractivity (Wildman–Crippen MR) is 38.5 cm³/mol. The Balaban J connectivity index is 2.33. The summed E-state index contributed by atoms with van der Waals surface area (Å²) in [6.45, 7) is 3.55. The van der Waals surface area contributed by atoms with Gasteiger partial charge in [-0.15, -0.1) is 0 Å². The van der Waals surface area contributed by atoms with Crippen molar-refractivity contribution in [3.8, 4) is 0 Å². The van der Waals surface area contributed by atoms with Gasteiger partial charge in [0.25, 0.3) is 0 Å². The van der Waals surface area contributed by atoms with Crippen molar-refractivity contribution in [3.63, 3.8) is 0 Å².